The summed E-state index contributed by atoms with van der Waals surface area (Å²) in [6, 6.07) is 11.7. The lowest BCUT2D eigenvalue weighted by Gasteiger charge is -2.03. The Balaban J connectivity index is 1.74. The normalized spacial score (nSPS) is 11.3. The zero-order chi connectivity index (χ0) is 17.6. The molecule has 0 atom stereocenters. The van der Waals surface area contributed by atoms with Gasteiger partial charge < -0.3 is 10.8 Å². The summed E-state index contributed by atoms with van der Waals surface area (Å²) in [5, 5.41) is 21.7. The minimum Gasteiger partial charge on any atom is -0.390 e. The van der Waals surface area contributed by atoms with E-state index in [1.165, 1.54) is 5.56 Å². The third-order valence-electron chi connectivity index (χ3n) is 3.78. The summed E-state index contributed by atoms with van der Waals surface area (Å²) in [6.45, 7) is 3.20. The van der Waals surface area contributed by atoms with Gasteiger partial charge in [-0.1, -0.05) is 17.7 Å². The predicted octanol–water partition coefficient (Wildman–Crippen LogP) is 2.52. The van der Waals surface area contributed by atoms with Crippen LogP contribution < -0.4 is 10.3 Å². The van der Waals surface area contributed by atoms with Crippen LogP contribution in [-0.2, 0) is 13.1 Å². The van der Waals surface area contributed by atoms with E-state index in [2.05, 4.69) is 15.3 Å². The first-order valence-electron chi connectivity index (χ1n) is 8.04. The van der Waals surface area contributed by atoms with Crippen LogP contribution in [0.1, 0.15) is 11.1 Å². The topological polar surface area (TPSA) is 92.7 Å². The van der Waals surface area contributed by atoms with Crippen LogP contribution in [0.25, 0.3) is 0 Å². The summed E-state index contributed by atoms with van der Waals surface area (Å²) in [5.74, 6) is 0.466. The van der Waals surface area contributed by atoms with Crippen molar-refractivity contribution in [3.05, 3.63) is 66.1 Å². The van der Waals surface area contributed by atoms with E-state index in [1.54, 1.807) is 10.9 Å². The van der Waals surface area contributed by atoms with Crippen LogP contribution in [-0.4, -0.2) is 21.5 Å². The number of aliphatic hydroxyl groups is 1. The summed E-state index contributed by atoms with van der Waals surface area (Å²) in [5.41, 5.74) is 9.66. The van der Waals surface area contributed by atoms with Gasteiger partial charge in [-0.25, -0.2) is 9.25 Å². The van der Waals surface area contributed by atoms with Crippen LogP contribution in [0.3, 0.4) is 0 Å². The number of hydrogen-bond donors (Lipinski definition) is 2. The van der Waals surface area contributed by atoms with Crippen LogP contribution in [0.15, 0.2) is 65.2 Å². The molecule has 0 amide bonds. The lowest BCUT2D eigenvalue weighted by molar-refractivity contribution is -0.698. The van der Waals surface area contributed by atoms with Gasteiger partial charge in [-0.3, -0.25) is 0 Å². The average molecular weight is 337 g/mol. The number of aliphatic hydroxyl groups excluding tert-OH is 1. The number of nitrogens with zero attached hydrogens (tertiary/aromatic N) is 5. The van der Waals surface area contributed by atoms with E-state index < -0.39 is 0 Å². The molecule has 0 radical (unpaired) electrons. The molecule has 0 aliphatic carbocycles. The highest BCUT2D eigenvalue weighted by Crippen LogP contribution is 2.24. The second kappa shape index (κ2) is 7.67. The van der Waals surface area contributed by atoms with Crippen LogP contribution in [0.4, 0.5) is 17.2 Å². The van der Waals surface area contributed by atoms with E-state index >= 15 is 0 Å². The van der Waals surface area contributed by atoms with Crippen molar-refractivity contribution in [2.24, 2.45) is 10.2 Å². The van der Waals surface area contributed by atoms with E-state index in [0.717, 1.165) is 11.3 Å². The second-order valence-electron chi connectivity index (χ2n) is 5.78. The van der Waals surface area contributed by atoms with Crippen molar-refractivity contribution < 1.29 is 9.67 Å². The minimum atomic E-state index is 0.0988. The standard InChI is InChI=1S/C18H21N6O/c1-14-4-6-16(7-5-14)21-22-17-11-20-24(18(17)19)13-15-3-2-8-23(12-15)9-10-25/h2-8,11-12,25H,9-10,13,19H2,1H3/q+1. The van der Waals surface area contributed by atoms with Gasteiger partial charge >= 0.3 is 0 Å². The van der Waals surface area contributed by atoms with Crippen LogP contribution in [0.5, 0.6) is 0 Å². The fraction of sp³-hybridized carbons (Fsp3) is 0.222. The highest BCUT2D eigenvalue weighted by molar-refractivity contribution is 5.56. The largest absolute Gasteiger partial charge is 0.390 e. The molecule has 1 aromatic carbocycles. The molecule has 0 unspecified atom stereocenters. The molecular weight excluding hydrogens is 316 g/mol. The number of hydrogen-bond acceptors (Lipinski definition) is 5. The maximum atomic E-state index is 9.03. The van der Waals surface area contributed by atoms with E-state index in [1.807, 2.05) is 60.3 Å². The molecule has 0 fully saturated rings. The molecule has 2 heterocycles. The SMILES string of the molecule is Cc1ccc(N=Nc2cnn(Cc3ccc[n+](CCO)c3)c2N)cc1. The smallest absolute Gasteiger partial charge is 0.173 e. The molecule has 0 aliphatic heterocycles. The summed E-state index contributed by atoms with van der Waals surface area (Å²) in [7, 11) is 0. The number of rotatable bonds is 6. The first-order valence-corrected chi connectivity index (χ1v) is 8.04. The molecule has 7 nitrogen and oxygen atoms in total. The van der Waals surface area contributed by atoms with Gasteiger partial charge in [-0.05, 0) is 25.1 Å². The van der Waals surface area contributed by atoms with Crippen molar-refractivity contribution in [1.82, 2.24) is 9.78 Å². The molecule has 0 bridgehead atoms. The highest BCUT2D eigenvalue weighted by atomic mass is 16.3. The van der Waals surface area contributed by atoms with Crippen molar-refractivity contribution in [3.63, 3.8) is 0 Å². The number of benzene rings is 1. The number of anilines is 1. The Hall–Kier alpha value is -3.06. The van der Waals surface area contributed by atoms with Gasteiger partial charge in [0.15, 0.2) is 18.9 Å². The summed E-state index contributed by atoms with van der Waals surface area (Å²) in [6.07, 6.45) is 5.48. The Labute approximate surface area is 146 Å². The zero-order valence-electron chi connectivity index (χ0n) is 14.1. The van der Waals surface area contributed by atoms with E-state index in [4.69, 9.17) is 10.8 Å². The highest BCUT2D eigenvalue weighted by Gasteiger charge is 2.09. The maximum Gasteiger partial charge on any atom is 0.173 e. The van der Waals surface area contributed by atoms with Crippen LogP contribution in [0.2, 0.25) is 0 Å². The molecule has 0 spiro atoms. The van der Waals surface area contributed by atoms with Crippen LogP contribution >= 0.6 is 0 Å². The lowest BCUT2D eigenvalue weighted by Crippen LogP contribution is -2.35. The van der Waals surface area contributed by atoms with Crippen molar-refractivity contribution in [3.8, 4) is 0 Å². The van der Waals surface area contributed by atoms with Crippen LogP contribution in [0, 0.1) is 6.92 Å². The number of aromatic nitrogens is 3. The minimum absolute atomic E-state index is 0.0988. The molecule has 7 heteroatoms. The molecule has 25 heavy (non-hydrogen) atoms. The van der Waals surface area contributed by atoms with E-state index in [9.17, 15) is 0 Å². The number of nitrogen functional groups attached to an aromatic ring is 1. The Morgan fingerprint density at radius 2 is 2.00 bits per heavy atom. The van der Waals surface area contributed by atoms with E-state index in [-0.39, 0.29) is 6.61 Å². The second-order valence-corrected chi connectivity index (χ2v) is 5.78. The first-order chi connectivity index (χ1) is 12.2. The first kappa shape index (κ1) is 16.8. The summed E-state index contributed by atoms with van der Waals surface area (Å²) < 4.78 is 3.61. The summed E-state index contributed by atoms with van der Waals surface area (Å²) in [4.78, 5) is 0. The third kappa shape index (κ3) is 4.27. The Morgan fingerprint density at radius 1 is 1.20 bits per heavy atom. The predicted molar refractivity (Wildman–Crippen MR) is 94.8 cm³/mol. The van der Waals surface area contributed by atoms with Gasteiger partial charge in [-0.15, -0.1) is 5.11 Å². The molecule has 3 N–H and O–H groups in total. The van der Waals surface area contributed by atoms with Crippen molar-refractivity contribution in [1.29, 1.82) is 0 Å². The molecular formula is C18H21N6O+. The fourth-order valence-corrected chi connectivity index (χ4v) is 2.41. The van der Waals surface area contributed by atoms with Gasteiger partial charge in [0, 0.05) is 11.6 Å². The number of azo groups is 1. The molecule has 3 rings (SSSR count). The third-order valence-corrected chi connectivity index (χ3v) is 3.78. The zero-order valence-corrected chi connectivity index (χ0v) is 14.1. The van der Waals surface area contributed by atoms with Crippen molar-refractivity contribution in [2.45, 2.75) is 20.0 Å². The van der Waals surface area contributed by atoms with Crippen molar-refractivity contribution >= 4 is 17.2 Å². The number of pyridine rings is 1. The van der Waals surface area contributed by atoms with Gasteiger partial charge in [0.1, 0.15) is 18.1 Å². The maximum absolute atomic E-state index is 9.03. The fourth-order valence-electron chi connectivity index (χ4n) is 2.41. The number of nitrogens with two attached hydrogens (primary N) is 1. The van der Waals surface area contributed by atoms with E-state index in [0.29, 0.717) is 24.6 Å². The quantitative estimate of drug-likeness (QED) is 0.535. The van der Waals surface area contributed by atoms with Gasteiger partial charge in [0.05, 0.1) is 18.4 Å². The number of aryl methyl sites for hydroxylation is 1. The molecule has 0 aliphatic rings. The Kier molecular flexibility index (Phi) is 5.15. The van der Waals surface area contributed by atoms with Gasteiger partial charge in [-0.2, -0.15) is 10.2 Å². The molecule has 2 aromatic heterocycles. The molecule has 128 valence electrons. The van der Waals surface area contributed by atoms with Gasteiger partial charge in [0.2, 0.25) is 0 Å². The molecule has 0 saturated heterocycles. The summed E-state index contributed by atoms with van der Waals surface area (Å²) >= 11 is 0. The van der Waals surface area contributed by atoms with Crippen molar-refractivity contribution in [2.75, 3.05) is 12.3 Å². The average Bonchev–Trinajstić information content (AvgIpc) is 2.95. The lowest BCUT2D eigenvalue weighted by atomic mass is 10.2. The monoisotopic (exact) mass is 337 g/mol. The molecule has 3 aromatic rings. The van der Waals surface area contributed by atoms with Gasteiger partial charge in [0.25, 0.3) is 0 Å². The molecule has 0 saturated carbocycles. The Bertz CT molecular complexity index is 870. The Morgan fingerprint density at radius 3 is 2.76 bits per heavy atom.